The molecule has 0 saturated carbocycles. The van der Waals surface area contributed by atoms with Gasteiger partial charge in [0.2, 0.25) is 0 Å². The number of carbonyl (C=O) groups is 1. The average Bonchev–Trinajstić information content (AvgIpc) is 2.65. The number of aliphatic imine (C=N–C) groups is 1. The average molecular weight is 383 g/mol. The monoisotopic (exact) mass is 382 g/mol. The first-order valence-electron chi connectivity index (χ1n) is 10.6. The number of hydrogen-bond acceptors (Lipinski definition) is 5. The standard InChI is InChI=1S/C20H38N4O3/c1-5-21-20(24-9-7-17(8-10-24)19(25)26-6-2)22-13-18-15-23(11-12-27-18)14-16(3)4/h16-18H,5-15H2,1-4H3,(H,21,22). The van der Waals surface area contributed by atoms with Crippen molar-refractivity contribution < 1.29 is 14.3 Å². The molecule has 0 aromatic heterocycles. The molecule has 2 saturated heterocycles. The molecular formula is C20H38N4O3. The Kier molecular flexibility index (Phi) is 9.34. The van der Waals surface area contributed by atoms with Gasteiger partial charge in [0.25, 0.3) is 0 Å². The fourth-order valence-electron chi connectivity index (χ4n) is 3.77. The summed E-state index contributed by atoms with van der Waals surface area (Å²) in [7, 11) is 0. The first-order valence-corrected chi connectivity index (χ1v) is 10.6. The Morgan fingerprint density at radius 2 is 2.00 bits per heavy atom. The van der Waals surface area contributed by atoms with Crippen LogP contribution in [0.25, 0.3) is 0 Å². The van der Waals surface area contributed by atoms with Gasteiger partial charge >= 0.3 is 5.97 Å². The fraction of sp³-hybridized carbons (Fsp3) is 0.900. The molecule has 0 bridgehead atoms. The summed E-state index contributed by atoms with van der Waals surface area (Å²) < 4.78 is 11.1. The van der Waals surface area contributed by atoms with Crippen molar-refractivity contribution in [1.29, 1.82) is 0 Å². The molecule has 1 N–H and O–H groups in total. The molecule has 0 aromatic rings. The van der Waals surface area contributed by atoms with Gasteiger partial charge in [-0.25, -0.2) is 0 Å². The van der Waals surface area contributed by atoms with Crippen molar-refractivity contribution in [1.82, 2.24) is 15.1 Å². The Balaban J connectivity index is 1.86. The van der Waals surface area contributed by atoms with E-state index in [4.69, 9.17) is 14.5 Å². The number of rotatable bonds is 7. The van der Waals surface area contributed by atoms with Gasteiger partial charge in [0.05, 0.1) is 31.8 Å². The van der Waals surface area contributed by atoms with Crippen LogP contribution < -0.4 is 5.32 Å². The molecule has 7 heteroatoms. The minimum absolute atomic E-state index is 0.0235. The first kappa shape index (κ1) is 22.0. The van der Waals surface area contributed by atoms with Gasteiger partial charge in [0.15, 0.2) is 5.96 Å². The van der Waals surface area contributed by atoms with E-state index < -0.39 is 0 Å². The summed E-state index contributed by atoms with van der Waals surface area (Å²) in [5, 5.41) is 3.40. The SMILES string of the molecule is CCNC(=NCC1CN(CC(C)C)CCO1)N1CCC(C(=O)OCC)CC1. The molecule has 0 spiro atoms. The highest BCUT2D eigenvalue weighted by molar-refractivity contribution is 5.80. The second-order valence-electron chi connectivity index (χ2n) is 7.85. The van der Waals surface area contributed by atoms with E-state index in [0.717, 1.165) is 64.7 Å². The molecule has 2 aliphatic heterocycles. The highest BCUT2D eigenvalue weighted by Crippen LogP contribution is 2.19. The summed E-state index contributed by atoms with van der Waals surface area (Å²) in [4.78, 5) is 21.5. The fourth-order valence-corrected chi connectivity index (χ4v) is 3.77. The van der Waals surface area contributed by atoms with E-state index >= 15 is 0 Å². The van der Waals surface area contributed by atoms with Crippen LogP contribution in [0, 0.1) is 11.8 Å². The molecule has 0 amide bonds. The second kappa shape index (κ2) is 11.5. The summed E-state index contributed by atoms with van der Waals surface area (Å²) in [6.07, 6.45) is 1.81. The van der Waals surface area contributed by atoms with E-state index in [1.807, 2.05) is 6.92 Å². The van der Waals surface area contributed by atoms with Crippen LogP contribution in [0.2, 0.25) is 0 Å². The number of morpholine rings is 1. The molecule has 2 rings (SSSR count). The van der Waals surface area contributed by atoms with Gasteiger partial charge in [-0.05, 0) is 32.6 Å². The van der Waals surface area contributed by atoms with Gasteiger partial charge in [-0.15, -0.1) is 0 Å². The third-order valence-electron chi connectivity index (χ3n) is 5.04. The van der Waals surface area contributed by atoms with Gasteiger partial charge in [-0.1, -0.05) is 13.8 Å². The Bertz CT molecular complexity index is 476. The Labute approximate surface area is 164 Å². The minimum atomic E-state index is -0.0556. The molecule has 0 aliphatic carbocycles. The normalized spacial score (nSPS) is 22.9. The molecule has 2 heterocycles. The van der Waals surface area contributed by atoms with Crippen molar-refractivity contribution in [2.75, 3.05) is 59.0 Å². The summed E-state index contributed by atoms with van der Waals surface area (Å²) in [5.41, 5.74) is 0. The topological polar surface area (TPSA) is 66.4 Å². The van der Waals surface area contributed by atoms with Crippen molar-refractivity contribution >= 4 is 11.9 Å². The Morgan fingerprint density at radius 3 is 2.63 bits per heavy atom. The predicted octanol–water partition coefficient (Wildman–Crippen LogP) is 1.58. The lowest BCUT2D eigenvalue weighted by atomic mass is 9.97. The van der Waals surface area contributed by atoms with Gasteiger partial charge in [0.1, 0.15) is 0 Å². The lowest BCUT2D eigenvalue weighted by Crippen LogP contribution is -2.48. The third kappa shape index (κ3) is 7.30. The molecule has 2 aliphatic rings. The number of esters is 1. The maximum atomic E-state index is 11.9. The zero-order valence-electron chi connectivity index (χ0n) is 17.6. The molecule has 1 unspecified atom stereocenters. The lowest BCUT2D eigenvalue weighted by molar-refractivity contribution is -0.149. The van der Waals surface area contributed by atoms with Crippen molar-refractivity contribution in [2.24, 2.45) is 16.8 Å². The molecular weight excluding hydrogens is 344 g/mol. The van der Waals surface area contributed by atoms with E-state index in [0.29, 0.717) is 19.1 Å². The van der Waals surface area contributed by atoms with Gasteiger partial charge in [-0.3, -0.25) is 14.7 Å². The quantitative estimate of drug-likeness (QED) is 0.410. The number of likely N-dealkylation sites (tertiary alicyclic amines) is 1. The molecule has 27 heavy (non-hydrogen) atoms. The van der Waals surface area contributed by atoms with Crippen LogP contribution in [-0.4, -0.2) is 86.9 Å². The zero-order valence-corrected chi connectivity index (χ0v) is 17.6. The zero-order chi connectivity index (χ0) is 19.6. The lowest BCUT2D eigenvalue weighted by Gasteiger charge is -2.35. The maximum Gasteiger partial charge on any atom is 0.309 e. The highest BCUT2D eigenvalue weighted by Gasteiger charge is 2.28. The summed E-state index contributed by atoms with van der Waals surface area (Å²) in [5.74, 6) is 1.57. The van der Waals surface area contributed by atoms with Crippen LogP contribution in [-0.2, 0) is 14.3 Å². The van der Waals surface area contributed by atoms with E-state index in [1.165, 1.54) is 0 Å². The van der Waals surface area contributed by atoms with Crippen molar-refractivity contribution in [3.8, 4) is 0 Å². The van der Waals surface area contributed by atoms with E-state index in [-0.39, 0.29) is 18.0 Å². The van der Waals surface area contributed by atoms with Crippen LogP contribution in [0.1, 0.15) is 40.5 Å². The van der Waals surface area contributed by atoms with Gasteiger partial charge < -0.3 is 19.7 Å². The number of ether oxygens (including phenoxy) is 2. The third-order valence-corrected chi connectivity index (χ3v) is 5.04. The van der Waals surface area contributed by atoms with Crippen LogP contribution in [0.5, 0.6) is 0 Å². The summed E-state index contributed by atoms with van der Waals surface area (Å²) in [6.45, 7) is 16.0. The summed E-state index contributed by atoms with van der Waals surface area (Å²) in [6, 6.07) is 0. The number of guanidine groups is 1. The highest BCUT2D eigenvalue weighted by atomic mass is 16.5. The van der Waals surface area contributed by atoms with Crippen molar-refractivity contribution in [3.05, 3.63) is 0 Å². The number of nitrogens with zero attached hydrogens (tertiary/aromatic N) is 3. The second-order valence-corrected chi connectivity index (χ2v) is 7.85. The Hall–Kier alpha value is -1.34. The van der Waals surface area contributed by atoms with Crippen LogP contribution in [0.3, 0.4) is 0 Å². The molecule has 0 aromatic carbocycles. The molecule has 0 radical (unpaired) electrons. The van der Waals surface area contributed by atoms with Gasteiger partial charge in [-0.2, -0.15) is 0 Å². The number of nitrogens with one attached hydrogen (secondary N) is 1. The van der Waals surface area contributed by atoms with E-state index in [1.54, 1.807) is 0 Å². The van der Waals surface area contributed by atoms with Crippen molar-refractivity contribution in [2.45, 2.75) is 46.6 Å². The van der Waals surface area contributed by atoms with Crippen LogP contribution in [0.15, 0.2) is 4.99 Å². The molecule has 7 nitrogen and oxygen atoms in total. The first-order chi connectivity index (χ1) is 13.0. The number of hydrogen-bond donors (Lipinski definition) is 1. The van der Waals surface area contributed by atoms with Crippen LogP contribution in [0.4, 0.5) is 0 Å². The molecule has 1 atom stereocenters. The van der Waals surface area contributed by atoms with Gasteiger partial charge in [0, 0.05) is 39.3 Å². The van der Waals surface area contributed by atoms with E-state index in [2.05, 4.69) is 35.9 Å². The summed E-state index contributed by atoms with van der Waals surface area (Å²) >= 11 is 0. The number of piperidine rings is 1. The molecule has 2 fully saturated rings. The largest absolute Gasteiger partial charge is 0.466 e. The predicted molar refractivity (Wildman–Crippen MR) is 108 cm³/mol. The molecule has 156 valence electrons. The smallest absolute Gasteiger partial charge is 0.309 e. The van der Waals surface area contributed by atoms with Crippen LogP contribution >= 0.6 is 0 Å². The van der Waals surface area contributed by atoms with Crippen molar-refractivity contribution in [3.63, 3.8) is 0 Å². The maximum absolute atomic E-state index is 11.9. The Morgan fingerprint density at radius 1 is 1.26 bits per heavy atom. The number of carbonyl (C=O) groups excluding carboxylic acids is 1. The minimum Gasteiger partial charge on any atom is -0.466 e. The van der Waals surface area contributed by atoms with E-state index in [9.17, 15) is 4.79 Å².